The fourth-order valence-electron chi connectivity index (χ4n) is 4.11. The van der Waals surface area contributed by atoms with Crippen LogP contribution in [0.25, 0.3) is 0 Å². The van der Waals surface area contributed by atoms with E-state index in [-0.39, 0.29) is 5.92 Å². The first-order chi connectivity index (χ1) is 14.1. The Balaban J connectivity index is 2.18. The third-order valence-corrected chi connectivity index (χ3v) is 6.14. The Labute approximate surface area is 181 Å². The van der Waals surface area contributed by atoms with Gasteiger partial charge in [-0.2, -0.15) is 0 Å². The van der Waals surface area contributed by atoms with Crippen LogP contribution in [-0.4, -0.2) is 19.9 Å². The van der Waals surface area contributed by atoms with Crippen molar-refractivity contribution < 1.29 is 4.79 Å². The molecular formula is C27H47NO. The van der Waals surface area contributed by atoms with E-state index >= 15 is 0 Å². The fraction of sp³-hybridized carbons (Fsp3) is 0.741. The average Bonchev–Trinajstić information content (AvgIpc) is 2.73. The summed E-state index contributed by atoms with van der Waals surface area (Å²) in [5.74, 6) is 0.637. The second kappa shape index (κ2) is 16.5. The number of nitrogens with zero attached hydrogens (tertiary/aromatic N) is 1. The summed E-state index contributed by atoms with van der Waals surface area (Å²) in [5, 5.41) is 0. The Morgan fingerprint density at radius 3 is 1.69 bits per heavy atom. The van der Waals surface area contributed by atoms with Crippen molar-refractivity contribution in [3.8, 4) is 0 Å². The number of rotatable bonds is 18. The number of ketones is 1. The molecule has 0 aliphatic rings. The Kier molecular flexibility index (Phi) is 14.6. The summed E-state index contributed by atoms with van der Waals surface area (Å²) < 4.78 is 0. The number of carbonyl (C=O) groups excluding carboxylic acids is 1. The van der Waals surface area contributed by atoms with Gasteiger partial charge in [-0.25, -0.2) is 0 Å². The molecule has 0 radical (unpaired) electrons. The lowest BCUT2D eigenvalue weighted by Gasteiger charge is -2.17. The van der Waals surface area contributed by atoms with Gasteiger partial charge >= 0.3 is 0 Å². The van der Waals surface area contributed by atoms with Gasteiger partial charge in [-0.3, -0.25) is 4.79 Å². The van der Waals surface area contributed by atoms with Crippen molar-refractivity contribution in [2.45, 2.75) is 110 Å². The van der Waals surface area contributed by atoms with E-state index < -0.39 is 0 Å². The summed E-state index contributed by atoms with van der Waals surface area (Å²) in [6.07, 6.45) is 19.1. The SMILES string of the molecule is CCCCCCCCCCCCCCC(Cc1ccc(N(C)C)cc1)C(=O)CC. The molecule has 2 nitrogen and oxygen atoms in total. The maximum atomic E-state index is 12.4. The summed E-state index contributed by atoms with van der Waals surface area (Å²) in [7, 11) is 4.12. The zero-order valence-corrected chi connectivity index (χ0v) is 19.8. The van der Waals surface area contributed by atoms with Gasteiger partial charge < -0.3 is 4.90 Å². The molecule has 2 heteroatoms. The number of benzene rings is 1. The van der Waals surface area contributed by atoms with Crippen molar-refractivity contribution in [1.82, 2.24) is 0 Å². The molecule has 1 rings (SSSR count). The quantitative estimate of drug-likeness (QED) is 0.232. The van der Waals surface area contributed by atoms with E-state index in [2.05, 4.69) is 50.2 Å². The highest BCUT2D eigenvalue weighted by atomic mass is 16.1. The molecule has 0 heterocycles. The van der Waals surface area contributed by atoms with E-state index in [1.807, 2.05) is 6.92 Å². The second-order valence-electron chi connectivity index (χ2n) is 8.96. The van der Waals surface area contributed by atoms with Crippen molar-refractivity contribution in [1.29, 1.82) is 0 Å². The minimum absolute atomic E-state index is 0.202. The molecule has 0 bridgehead atoms. The maximum absolute atomic E-state index is 12.4. The maximum Gasteiger partial charge on any atom is 0.136 e. The van der Waals surface area contributed by atoms with E-state index in [0.717, 1.165) is 12.8 Å². The predicted octanol–water partition coefficient (Wildman–Crippen LogP) is 7.98. The van der Waals surface area contributed by atoms with Crippen molar-refractivity contribution in [2.75, 3.05) is 19.0 Å². The molecule has 0 aliphatic heterocycles. The number of unbranched alkanes of at least 4 members (excludes halogenated alkanes) is 11. The molecule has 29 heavy (non-hydrogen) atoms. The van der Waals surface area contributed by atoms with Crippen LogP contribution in [0.15, 0.2) is 24.3 Å². The minimum Gasteiger partial charge on any atom is -0.378 e. The van der Waals surface area contributed by atoms with Gasteiger partial charge in [-0.05, 0) is 30.5 Å². The monoisotopic (exact) mass is 401 g/mol. The molecule has 1 aromatic rings. The summed E-state index contributed by atoms with van der Waals surface area (Å²) >= 11 is 0. The van der Waals surface area contributed by atoms with Gasteiger partial charge in [0.15, 0.2) is 0 Å². The lowest BCUT2D eigenvalue weighted by Crippen LogP contribution is -2.16. The van der Waals surface area contributed by atoms with Crippen LogP contribution in [0.5, 0.6) is 0 Å². The first-order valence-electron chi connectivity index (χ1n) is 12.4. The van der Waals surface area contributed by atoms with Gasteiger partial charge in [0.2, 0.25) is 0 Å². The van der Waals surface area contributed by atoms with Crippen molar-refractivity contribution in [3.05, 3.63) is 29.8 Å². The van der Waals surface area contributed by atoms with Gasteiger partial charge in [0.05, 0.1) is 0 Å². The molecule has 0 spiro atoms. The fourth-order valence-corrected chi connectivity index (χ4v) is 4.11. The Hall–Kier alpha value is -1.31. The largest absolute Gasteiger partial charge is 0.378 e. The highest BCUT2D eigenvalue weighted by Crippen LogP contribution is 2.21. The lowest BCUT2D eigenvalue weighted by atomic mass is 9.89. The first-order valence-corrected chi connectivity index (χ1v) is 12.4. The predicted molar refractivity (Wildman–Crippen MR) is 129 cm³/mol. The Morgan fingerprint density at radius 1 is 0.759 bits per heavy atom. The van der Waals surface area contributed by atoms with Crippen molar-refractivity contribution in [2.24, 2.45) is 5.92 Å². The molecule has 0 amide bonds. The van der Waals surface area contributed by atoms with Crippen LogP contribution in [-0.2, 0) is 11.2 Å². The van der Waals surface area contributed by atoms with Gasteiger partial charge in [0, 0.05) is 32.1 Å². The molecule has 1 atom stereocenters. The van der Waals surface area contributed by atoms with Crippen LogP contribution >= 0.6 is 0 Å². The Morgan fingerprint density at radius 2 is 1.24 bits per heavy atom. The zero-order chi connectivity index (χ0) is 21.3. The van der Waals surface area contributed by atoms with Crippen LogP contribution in [0, 0.1) is 5.92 Å². The van der Waals surface area contributed by atoms with E-state index in [9.17, 15) is 4.79 Å². The molecule has 0 aromatic heterocycles. The Bertz CT molecular complexity index is 520. The number of anilines is 1. The normalized spacial score (nSPS) is 12.1. The standard InChI is InChI=1S/C27H47NO/c1-5-7-8-9-10-11-12-13-14-15-16-17-18-25(27(29)6-2)23-24-19-21-26(22-20-24)28(3)4/h19-22,25H,5-18,23H2,1-4H3. The van der Waals surface area contributed by atoms with Gasteiger partial charge in [-0.15, -0.1) is 0 Å². The molecular weight excluding hydrogens is 354 g/mol. The number of hydrogen-bond donors (Lipinski definition) is 0. The van der Waals surface area contributed by atoms with E-state index in [1.165, 1.54) is 88.3 Å². The van der Waals surface area contributed by atoms with Gasteiger partial charge in [-0.1, -0.05) is 103 Å². The summed E-state index contributed by atoms with van der Waals surface area (Å²) in [6.45, 7) is 4.29. The molecule has 0 aliphatic carbocycles. The molecule has 0 saturated carbocycles. The first kappa shape index (κ1) is 25.7. The summed E-state index contributed by atoms with van der Waals surface area (Å²) in [4.78, 5) is 14.5. The van der Waals surface area contributed by atoms with Crippen LogP contribution < -0.4 is 4.90 Å². The molecule has 1 aromatic carbocycles. The lowest BCUT2D eigenvalue weighted by molar-refractivity contribution is -0.122. The second-order valence-corrected chi connectivity index (χ2v) is 8.96. The van der Waals surface area contributed by atoms with Crippen molar-refractivity contribution in [3.63, 3.8) is 0 Å². The highest BCUT2D eigenvalue weighted by molar-refractivity contribution is 5.80. The molecule has 1 unspecified atom stereocenters. The van der Waals surface area contributed by atoms with Gasteiger partial charge in [0.1, 0.15) is 5.78 Å². The topological polar surface area (TPSA) is 20.3 Å². The number of hydrogen-bond acceptors (Lipinski definition) is 2. The smallest absolute Gasteiger partial charge is 0.136 e. The average molecular weight is 402 g/mol. The third kappa shape index (κ3) is 12.1. The number of Topliss-reactive ketones (excluding diaryl/α,β-unsaturated/α-hetero) is 1. The molecule has 166 valence electrons. The van der Waals surface area contributed by atoms with Gasteiger partial charge in [0.25, 0.3) is 0 Å². The van der Waals surface area contributed by atoms with E-state index in [1.54, 1.807) is 0 Å². The molecule has 0 saturated heterocycles. The zero-order valence-electron chi connectivity index (χ0n) is 19.8. The van der Waals surface area contributed by atoms with E-state index in [4.69, 9.17) is 0 Å². The summed E-state index contributed by atoms with van der Waals surface area (Å²) in [6, 6.07) is 8.69. The molecule has 0 fully saturated rings. The van der Waals surface area contributed by atoms with E-state index in [0.29, 0.717) is 12.2 Å². The van der Waals surface area contributed by atoms with Crippen molar-refractivity contribution >= 4 is 11.5 Å². The number of carbonyl (C=O) groups is 1. The molecule has 0 N–H and O–H groups in total. The minimum atomic E-state index is 0.202. The van der Waals surface area contributed by atoms with Crippen LogP contribution in [0.4, 0.5) is 5.69 Å². The van der Waals surface area contributed by atoms with Crippen LogP contribution in [0.3, 0.4) is 0 Å². The van der Waals surface area contributed by atoms with Crippen LogP contribution in [0.1, 0.15) is 109 Å². The van der Waals surface area contributed by atoms with Crippen LogP contribution in [0.2, 0.25) is 0 Å². The highest BCUT2D eigenvalue weighted by Gasteiger charge is 2.17. The summed E-state index contributed by atoms with van der Waals surface area (Å²) in [5.41, 5.74) is 2.51. The third-order valence-electron chi connectivity index (χ3n) is 6.14.